The Morgan fingerprint density at radius 1 is 0.190 bits per heavy atom. The first-order chi connectivity index (χ1) is 0. The minimum absolute atomic E-state index is 0. The molecular weight excluding hydrogens is 1410 g/mol. The zero-order valence-electron chi connectivity index (χ0n) is 15.8. The van der Waals surface area contributed by atoms with Gasteiger partial charge in [-0.25, -0.2) is 0 Å². The van der Waals surface area contributed by atoms with Gasteiger partial charge in [-0.2, -0.15) is 0 Å². The summed E-state index contributed by atoms with van der Waals surface area (Å²) in [5.74, 6) is 0. The first-order valence-electron chi connectivity index (χ1n) is 0. The molecule has 0 nitrogen and oxygen atoms in total. The Morgan fingerprint density at radius 3 is 0.190 bits per heavy atom. The predicted octanol–water partition coefficient (Wildman–Crippen LogP) is -15.0. The minimum atomic E-state index is 0. The van der Waals surface area contributed by atoms with Gasteiger partial charge in [-0.15, -0.1) is 0 Å². The predicted molar refractivity (Wildman–Crippen MR) is 164 cm³/mol. The van der Waals surface area contributed by atoms with Crippen LogP contribution in [0.1, 0.15) is 7.43 Å². The van der Waals surface area contributed by atoms with Crippen LogP contribution in [0.4, 0.5) is 0 Å². The van der Waals surface area contributed by atoms with E-state index in [1.54, 1.807) is 0 Å². The Morgan fingerprint density at radius 2 is 0.190 bits per heavy atom. The average Bonchev–Trinajstić information content (AvgIpc) is 0. The molecule has 0 aliphatic heterocycles. The van der Waals surface area contributed by atoms with Crippen molar-refractivity contribution in [2.75, 3.05) is 0 Å². The molecule has 0 spiro atoms. The Bertz CT molecular complexity index is 5.80. The topological polar surface area (TPSA) is 0 Å². The summed E-state index contributed by atoms with van der Waals surface area (Å²) in [5, 5.41) is 0. The number of rotatable bonds is 0. The molecule has 0 N–H and O–H groups in total. The van der Waals surface area contributed by atoms with Gasteiger partial charge in [0.1, 0.15) is 0 Å². The molecule has 0 amide bonds. The zero-order chi connectivity index (χ0) is 0. The van der Waals surface area contributed by atoms with Gasteiger partial charge in [-0.3, -0.25) is 0 Å². The monoisotopic (exact) mass is 1420 g/mol. The molecular formula is CH34Ga20. The van der Waals surface area contributed by atoms with E-state index in [0.29, 0.717) is 0 Å². The van der Waals surface area contributed by atoms with Crippen LogP contribution in [-0.4, -0.2) is 396 Å². The Hall–Kier alpha value is 12.7. The van der Waals surface area contributed by atoms with Crippen molar-refractivity contribution in [3.63, 3.8) is 0 Å². The zero-order valence-corrected chi connectivity index (χ0v) is 82.0. The Kier molecular flexibility index (Phi) is 2160. The second-order valence-corrected chi connectivity index (χ2v) is 0. The molecule has 0 bridgehead atoms. The second kappa shape index (κ2) is 203. The fourth-order valence-electron chi connectivity index (χ4n) is 0. The van der Waals surface area contributed by atoms with Gasteiger partial charge in [0.2, 0.25) is 0 Å². The molecule has 0 atom stereocenters. The van der Waals surface area contributed by atoms with Crippen LogP contribution in [-0.2, 0) is 0 Å². The molecule has 0 rings (SSSR count). The molecule has 0 aromatic heterocycles. The van der Waals surface area contributed by atoms with Crippen LogP contribution in [0.5, 0.6) is 0 Å². The maximum atomic E-state index is 0. The second-order valence-electron chi connectivity index (χ2n) is 0. The summed E-state index contributed by atoms with van der Waals surface area (Å²) >= 11 is 0. The molecule has 0 aromatic rings. The molecule has 0 fully saturated rings. The van der Waals surface area contributed by atoms with E-state index >= 15 is 0 Å². The molecule has 0 heterocycles. The summed E-state index contributed by atoms with van der Waals surface area (Å²) in [6.07, 6.45) is 0. The van der Waals surface area contributed by atoms with Crippen LogP contribution < -0.4 is 0 Å². The van der Waals surface area contributed by atoms with E-state index in [1.807, 2.05) is 0 Å². The van der Waals surface area contributed by atoms with E-state index in [4.69, 9.17) is 0 Å². The van der Waals surface area contributed by atoms with Gasteiger partial charge >= 0.3 is 396 Å². The quantitative estimate of drug-likeness (QED) is 0.212. The third-order valence-corrected chi connectivity index (χ3v) is 0. The Labute approximate surface area is 392 Å². The standard InChI is InChI=1S/CH4.20Ga.30H/h1H4;;;;;;;;;;;;;;;;;;;;;;;;;;;;;;;;;;;;;;;;;;;;;;;;;;. The molecule has 0 unspecified atom stereocenters. The van der Waals surface area contributed by atoms with Gasteiger partial charge < -0.3 is 0 Å². The molecule has 0 saturated carbocycles. The summed E-state index contributed by atoms with van der Waals surface area (Å²) in [6.45, 7) is 0. The SMILES string of the molecule is C.[GaH2].[GaH2].[GaH2].[GaH2].[GaH2].[GaH2].[GaH2].[GaH2].[GaH3].[GaH].[GaH].[GaH].[GaH].[GaH].[GaH].[GaH].[GaH].[GaH].[GaH].[GaH]. The molecule has 0 aromatic carbocycles. The summed E-state index contributed by atoms with van der Waals surface area (Å²) in [6, 6.07) is 0. The van der Waals surface area contributed by atoms with E-state index in [-0.39, 0.29) is 403 Å². The third kappa shape index (κ3) is 191. The summed E-state index contributed by atoms with van der Waals surface area (Å²) in [7, 11) is 0. The maximum absolute atomic E-state index is 0. The van der Waals surface area contributed by atoms with Crippen LogP contribution in [0, 0.1) is 0 Å². The average molecular weight is 1440 g/mol. The van der Waals surface area contributed by atoms with Crippen LogP contribution >= 0.6 is 0 Å². The van der Waals surface area contributed by atoms with Gasteiger partial charge in [-0.1, -0.05) is 7.43 Å². The van der Waals surface area contributed by atoms with Crippen LogP contribution in [0.25, 0.3) is 0 Å². The van der Waals surface area contributed by atoms with Crippen molar-refractivity contribution in [3.05, 3.63) is 0 Å². The van der Waals surface area contributed by atoms with E-state index in [9.17, 15) is 0 Å². The molecule has 98 valence electrons. The van der Waals surface area contributed by atoms with Crippen LogP contribution in [0.3, 0.4) is 0 Å². The van der Waals surface area contributed by atoms with Gasteiger partial charge in [0.05, 0.1) is 0 Å². The van der Waals surface area contributed by atoms with Crippen molar-refractivity contribution in [1.29, 1.82) is 0 Å². The summed E-state index contributed by atoms with van der Waals surface area (Å²) in [5.41, 5.74) is 0. The third-order valence-electron chi connectivity index (χ3n) is 0. The summed E-state index contributed by atoms with van der Waals surface area (Å²) < 4.78 is 0. The molecule has 0 aliphatic carbocycles. The first-order valence-corrected chi connectivity index (χ1v) is 0. The van der Waals surface area contributed by atoms with Crippen molar-refractivity contribution in [3.8, 4) is 0 Å². The summed E-state index contributed by atoms with van der Waals surface area (Å²) in [4.78, 5) is 0. The van der Waals surface area contributed by atoms with Crippen molar-refractivity contribution in [2.24, 2.45) is 0 Å². The molecule has 20 heteroatoms. The number of hydrogen-bond donors (Lipinski definition) is 0. The first kappa shape index (κ1) is 223. The molecule has 30 radical (unpaired) electrons. The molecule has 0 saturated heterocycles. The van der Waals surface area contributed by atoms with E-state index in [0.717, 1.165) is 0 Å². The van der Waals surface area contributed by atoms with E-state index in [2.05, 4.69) is 0 Å². The van der Waals surface area contributed by atoms with E-state index < -0.39 is 0 Å². The van der Waals surface area contributed by atoms with Gasteiger partial charge in [-0.05, 0) is 0 Å². The van der Waals surface area contributed by atoms with Gasteiger partial charge in [0.25, 0.3) is 0 Å². The van der Waals surface area contributed by atoms with Crippen molar-refractivity contribution in [2.45, 2.75) is 7.43 Å². The van der Waals surface area contributed by atoms with Crippen LogP contribution in [0.15, 0.2) is 0 Å². The van der Waals surface area contributed by atoms with Crippen molar-refractivity contribution in [1.82, 2.24) is 0 Å². The van der Waals surface area contributed by atoms with Gasteiger partial charge in [0, 0.05) is 0 Å². The fourth-order valence-corrected chi connectivity index (χ4v) is 0. The van der Waals surface area contributed by atoms with Crippen molar-refractivity contribution < 1.29 is 0 Å². The Balaban J connectivity index is 0. The van der Waals surface area contributed by atoms with Gasteiger partial charge in [0.15, 0.2) is 0 Å². The number of hydrogen-bond acceptors (Lipinski definition) is 0. The normalized spacial score (nSPS) is 0. The van der Waals surface area contributed by atoms with Crippen LogP contribution in [0.2, 0.25) is 0 Å². The van der Waals surface area contributed by atoms with Crippen molar-refractivity contribution >= 4 is 396 Å². The van der Waals surface area contributed by atoms with E-state index in [1.165, 1.54) is 0 Å². The molecule has 21 heavy (non-hydrogen) atoms. The fraction of sp³-hybridized carbons (Fsp3) is 1.00. The molecule has 0 aliphatic rings.